The number of carbonyl (C=O) groups is 1. The summed E-state index contributed by atoms with van der Waals surface area (Å²) in [6, 6.07) is 15.7. The number of ether oxygens (including phenoxy) is 1. The second-order valence-corrected chi connectivity index (χ2v) is 9.51. The molecule has 2 atom stereocenters. The minimum absolute atomic E-state index is 0.0122. The van der Waals surface area contributed by atoms with Crippen molar-refractivity contribution in [3.63, 3.8) is 0 Å². The van der Waals surface area contributed by atoms with Gasteiger partial charge in [0.1, 0.15) is 5.75 Å². The van der Waals surface area contributed by atoms with Gasteiger partial charge >= 0.3 is 0 Å². The van der Waals surface area contributed by atoms with Crippen LogP contribution in [0, 0.1) is 0 Å². The first-order valence-corrected chi connectivity index (χ1v) is 10.8. The van der Waals surface area contributed by atoms with E-state index in [1.807, 2.05) is 11.0 Å². The number of carbonyl (C=O) groups excluding carboxylic acids is 1. The van der Waals surface area contributed by atoms with Crippen molar-refractivity contribution in [1.29, 1.82) is 0 Å². The highest BCUT2D eigenvalue weighted by Crippen LogP contribution is 2.40. The van der Waals surface area contributed by atoms with Crippen LogP contribution in [0.3, 0.4) is 0 Å². The van der Waals surface area contributed by atoms with Gasteiger partial charge in [-0.15, -0.1) is 0 Å². The predicted octanol–water partition coefficient (Wildman–Crippen LogP) is 3.30. The van der Waals surface area contributed by atoms with Crippen LogP contribution in [0.25, 0.3) is 0 Å². The number of amides is 1. The van der Waals surface area contributed by atoms with Crippen LogP contribution < -0.4 is 4.74 Å². The van der Waals surface area contributed by atoms with Crippen LogP contribution in [0.5, 0.6) is 5.75 Å². The van der Waals surface area contributed by atoms with Gasteiger partial charge in [0, 0.05) is 17.6 Å². The number of fused-ring (bicyclic) bond motifs is 2. The van der Waals surface area contributed by atoms with Crippen LogP contribution in [0.1, 0.15) is 36.0 Å². The van der Waals surface area contributed by atoms with Gasteiger partial charge in [-0.3, -0.25) is 4.79 Å². The average molecular weight is 385 g/mol. The van der Waals surface area contributed by atoms with Gasteiger partial charge in [0.25, 0.3) is 5.91 Å². The van der Waals surface area contributed by atoms with E-state index >= 15 is 0 Å². The fourth-order valence-electron chi connectivity index (χ4n) is 4.40. The molecule has 0 aromatic heterocycles. The molecule has 1 amide bonds. The first kappa shape index (κ1) is 18.0. The quantitative estimate of drug-likeness (QED) is 0.810. The number of nitrogens with zero attached hydrogens (tertiary/aromatic N) is 1. The molecule has 2 heterocycles. The van der Waals surface area contributed by atoms with Crippen LogP contribution >= 0.6 is 0 Å². The predicted molar refractivity (Wildman–Crippen MR) is 103 cm³/mol. The summed E-state index contributed by atoms with van der Waals surface area (Å²) in [7, 11) is -1.77. The average Bonchev–Trinajstić information content (AvgIpc) is 2.97. The van der Waals surface area contributed by atoms with Gasteiger partial charge in [0.05, 0.1) is 17.3 Å². The first-order chi connectivity index (χ1) is 13.0. The van der Waals surface area contributed by atoms with E-state index < -0.39 is 15.1 Å². The Morgan fingerprint density at radius 3 is 2.11 bits per heavy atom. The van der Waals surface area contributed by atoms with Crippen LogP contribution in [0.4, 0.5) is 0 Å². The smallest absolute Gasteiger partial charge is 0.254 e. The minimum atomic E-state index is -3.37. The van der Waals surface area contributed by atoms with Gasteiger partial charge in [-0.25, -0.2) is 8.42 Å². The molecule has 2 aromatic carbocycles. The van der Waals surface area contributed by atoms with Crippen molar-refractivity contribution >= 4 is 15.7 Å². The Hall–Kier alpha value is -2.34. The van der Waals surface area contributed by atoms with E-state index in [0.29, 0.717) is 29.1 Å². The standard InChI is InChI=1S/C21H23NO4S/c1-26-18-11-7-15(8-12-18)21(23)22-16-9-10-17(22)14-20(13-16)27(24,25)19-5-3-2-4-6-19/h2-8,11-12,16-17,20H,9-10,13-14H2,1H3. The Bertz CT molecular complexity index is 910. The molecule has 2 fully saturated rings. The molecule has 27 heavy (non-hydrogen) atoms. The Morgan fingerprint density at radius 1 is 0.963 bits per heavy atom. The van der Waals surface area contributed by atoms with Gasteiger partial charge in [0.15, 0.2) is 9.84 Å². The molecule has 0 aliphatic carbocycles. The number of methoxy groups -OCH3 is 1. The Balaban J connectivity index is 1.54. The molecule has 2 aliphatic rings. The van der Waals surface area contributed by atoms with Crippen molar-refractivity contribution in [1.82, 2.24) is 4.90 Å². The van der Waals surface area contributed by atoms with Crippen LogP contribution in [0.15, 0.2) is 59.5 Å². The number of sulfone groups is 1. The normalized spacial score (nSPS) is 24.6. The maximum absolute atomic E-state index is 13.0. The molecule has 142 valence electrons. The maximum atomic E-state index is 13.0. The third kappa shape index (κ3) is 3.23. The lowest BCUT2D eigenvalue weighted by molar-refractivity contribution is 0.0598. The molecule has 2 aliphatic heterocycles. The van der Waals surface area contributed by atoms with Gasteiger partial charge < -0.3 is 9.64 Å². The van der Waals surface area contributed by atoms with E-state index in [9.17, 15) is 13.2 Å². The third-order valence-electron chi connectivity index (χ3n) is 5.77. The summed E-state index contributed by atoms with van der Waals surface area (Å²) in [6.45, 7) is 0. The number of rotatable bonds is 4. The highest BCUT2D eigenvalue weighted by atomic mass is 32.2. The van der Waals surface area contributed by atoms with Crippen molar-refractivity contribution in [3.8, 4) is 5.75 Å². The SMILES string of the molecule is COc1ccc(C(=O)N2C3CCC2CC(S(=O)(=O)c2ccccc2)C3)cc1. The molecule has 2 bridgehead atoms. The van der Waals surface area contributed by atoms with Crippen molar-refractivity contribution in [2.24, 2.45) is 0 Å². The van der Waals surface area contributed by atoms with Crippen molar-refractivity contribution < 1.29 is 17.9 Å². The number of benzene rings is 2. The molecule has 0 radical (unpaired) electrons. The van der Waals surface area contributed by atoms with E-state index in [1.165, 1.54) is 0 Å². The highest BCUT2D eigenvalue weighted by Gasteiger charge is 2.47. The lowest BCUT2D eigenvalue weighted by Gasteiger charge is -2.38. The maximum Gasteiger partial charge on any atom is 0.254 e. The molecule has 6 heteroatoms. The number of hydrogen-bond acceptors (Lipinski definition) is 4. The zero-order valence-corrected chi connectivity index (χ0v) is 16.1. The lowest BCUT2D eigenvalue weighted by Crippen LogP contribution is -2.49. The molecule has 0 saturated carbocycles. The van der Waals surface area contributed by atoms with E-state index in [4.69, 9.17) is 4.74 Å². The van der Waals surface area contributed by atoms with Gasteiger partial charge in [-0.05, 0) is 62.1 Å². The van der Waals surface area contributed by atoms with E-state index in [2.05, 4.69) is 0 Å². The lowest BCUT2D eigenvalue weighted by atomic mass is 10.0. The monoisotopic (exact) mass is 385 g/mol. The van der Waals surface area contributed by atoms with Crippen molar-refractivity contribution in [2.75, 3.05) is 7.11 Å². The Kier molecular flexibility index (Phi) is 4.68. The summed E-state index contributed by atoms with van der Waals surface area (Å²) < 4.78 is 31.2. The van der Waals surface area contributed by atoms with Gasteiger partial charge in [-0.2, -0.15) is 0 Å². The summed E-state index contributed by atoms with van der Waals surface area (Å²) in [4.78, 5) is 15.3. The van der Waals surface area contributed by atoms with E-state index in [1.54, 1.807) is 55.6 Å². The topological polar surface area (TPSA) is 63.7 Å². The van der Waals surface area contributed by atoms with Gasteiger partial charge in [0.2, 0.25) is 0 Å². The minimum Gasteiger partial charge on any atom is -0.497 e. The first-order valence-electron chi connectivity index (χ1n) is 9.26. The van der Waals surface area contributed by atoms with Crippen molar-refractivity contribution in [3.05, 3.63) is 60.2 Å². The molecule has 2 aromatic rings. The number of hydrogen-bond donors (Lipinski definition) is 0. The molecular weight excluding hydrogens is 362 g/mol. The van der Waals surface area contributed by atoms with Crippen molar-refractivity contribution in [2.45, 2.75) is 47.9 Å². The molecular formula is C21H23NO4S. The van der Waals surface area contributed by atoms with E-state index in [-0.39, 0.29) is 18.0 Å². The summed E-state index contributed by atoms with van der Waals surface area (Å²) in [5.41, 5.74) is 0.622. The Morgan fingerprint density at radius 2 is 1.56 bits per heavy atom. The summed E-state index contributed by atoms with van der Waals surface area (Å²) in [5.74, 6) is 0.697. The van der Waals surface area contributed by atoms with Crippen LogP contribution in [-0.4, -0.2) is 43.7 Å². The van der Waals surface area contributed by atoms with Crippen LogP contribution in [0.2, 0.25) is 0 Å². The highest BCUT2D eigenvalue weighted by molar-refractivity contribution is 7.92. The molecule has 2 unspecified atom stereocenters. The molecule has 0 N–H and O–H groups in total. The largest absolute Gasteiger partial charge is 0.497 e. The fraction of sp³-hybridized carbons (Fsp3) is 0.381. The number of piperidine rings is 1. The van der Waals surface area contributed by atoms with E-state index in [0.717, 1.165) is 12.8 Å². The molecule has 2 saturated heterocycles. The molecule has 5 nitrogen and oxygen atoms in total. The summed E-state index contributed by atoms with van der Waals surface area (Å²) >= 11 is 0. The zero-order chi connectivity index (χ0) is 19.0. The van der Waals surface area contributed by atoms with Crippen LogP contribution in [-0.2, 0) is 9.84 Å². The van der Waals surface area contributed by atoms with Gasteiger partial charge in [-0.1, -0.05) is 18.2 Å². The molecule has 4 rings (SSSR count). The molecule has 0 spiro atoms. The fourth-order valence-corrected chi connectivity index (χ4v) is 6.27. The zero-order valence-electron chi connectivity index (χ0n) is 15.2. The third-order valence-corrected chi connectivity index (χ3v) is 7.96. The second kappa shape index (κ2) is 7.00. The Labute approximate surface area is 159 Å². The summed E-state index contributed by atoms with van der Waals surface area (Å²) in [5, 5.41) is -0.419. The second-order valence-electron chi connectivity index (χ2n) is 7.28. The summed E-state index contributed by atoms with van der Waals surface area (Å²) in [6.07, 6.45) is 2.76.